The molecule has 4 rings (SSSR count). The van der Waals surface area contributed by atoms with Gasteiger partial charge in [-0.1, -0.05) is 6.07 Å². The number of carbonyl (C=O) groups is 1. The smallest absolute Gasteiger partial charge is 0.235 e. The number of nitrogens with zero attached hydrogens (tertiary/aromatic N) is 4. The highest BCUT2D eigenvalue weighted by atomic mass is 32.2. The Hall–Kier alpha value is -2.61. The summed E-state index contributed by atoms with van der Waals surface area (Å²) in [6.45, 7) is 1.99. The number of hydrogen-bond donors (Lipinski definition) is 1. The fraction of sp³-hybridized carbons (Fsp3) is 0.235. The highest BCUT2D eigenvalue weighted by molar-refractivity contribution is 8.00. The van der Waals surface area contributed by atoms with Crippen molar-refractivity contribution in [2.45, 2.75) is 12.2 Å². The van der Waals surface area contributed by atoms with Crippen molar-refractivity contribution in [3.05, 3.63) is 59.6 Å². The maximum atomic E-state index is 13.7. The SMILES string of the molecule is Cc1c([C@H]2SCC(=O)Nc3ncn(-c4cccc(F)c4)c32)cnn1C. The van der Waals surface area contributed by atoms with Gasteiger partial charge in [-0.15, -0.1) is 11.8 Å². The molecule has 25 heavy (non-hydrogen) atoms. The zero-order valence-corrected chi connectivity index (χ0v) is 14.5. The van der Waals surface area contributed by atoms with Gasteiger partial charge in [0.1, 0.15) is 12.1 Å². The van der Waals surface area contributed by atoms with Crippen LogP contribution in [0.15, 0.2) is 36.8 Å². The largest absolute Gasteiger partial charge is 0.308 e. The lowest BCUT2D eigenvalue weighted by atomic mass is 10.1. The van der Waals surface area contributed by atoms with Crippen molar-refractivity contribution in [1.29, 1.82) is 0 Å². The number of carbonyl (C=O) groups excluding carboxylic acids is 1. The second-order valence-electron chi connectivity index (χ2n) is 5.88. The van der Waals surface area contributed by atoms with Gasteiger partial charge in [0.2, 0.25) is 5.91 Å². The van der Waals surface area contributed by atoms with E-state index in [1.165, 1.54) is 23.9 Å². The van der Waals surface area contributed by atoms with Gasteiger partial charge in [-0.3, -0.25) is 14.0 Å². The van der Waals surface area contributed by atoms with E-state index in [1.807, 2.05) is 30.8 Å². The Kier molecular flexibility index (Phi) is 3.84. The number of amides is 1. The second-order valence-corrected chi connectivity index (χ2v) is 6.97. The summed E-state index contributed by atoms with van der Waals surface area (Å²) in [5.74, 6) is 0.407. The predicted octanol–water partition coefficient (Wildman–Crippen LogP) is 2.83. The molecule has 0 aliphatic carbocycles. The first-order valence-electron chi connectivity index (χ1n) is 7.77. The van der Waals surface area contributed by atoms with Crippen LogP contribution in [0.4, 0.5) is 10.2 Å². The normalized spacial score (nSPS) is 17.1. The summed E-state index contributed by atoms with van der Waals surface area (Å²) in [5.41, 5.74) is 3.52. The number of anilines is 1. The van der Waals surface area contributed by atoms with Crippen LogP contribution in [0.2, 0.25) is 0 Å². The Bertz CT molecular complexity index is 964. The maximum absolute atomic E-state index is 13.7. The molecule has 0 bridgehead atoms. The lowest BCUT2D eigenvalue weighted by Gasteiger charge is -2.17. The summed E-state index contributed by atoms with van der Waals surface area (Å²) in [4.78, 5) is 16.4. The Morgan fingerprint density at radius 2 is 2.24 bits per heavy atom. The van der Waals surface area contributed by atoms with Crippen molar-refractivity contribution in [2.75, 3.05) is 11.1 Å². The molecule has 1 aliphatic rings. The highest BCUT2D eigenvalue weighted by Gasteiger charge is 2.31. The fourth-order valence-electron chi connectivity index (χ4n) is 2.95. The summed E-state index contributed by atoms with van der Waals surface area (Å²) in [6.07, 6.45) is 3.43. The molecule has 2 aromatic heterocycles. The summed E-state index contributed by atoms with van der Waals surface area (Å²) >= 11 is 1.51. The van der Waals surface area contributed by atoms with Crippen LogP contribution in [0.25, 0.3) is 5.69 Å². The first-order chi connectivity index (χ1) is 12.0. The minimum Gasteiger partial charge on any atom is -0.308 e. The second kappa shape index (κ2) is 6.03. The van der Waals surface area contributed by atoms with E-state index in [9.17, 15) is 9.18 Å². The van der Waals surface area contributed by atoms with Crippen LogP contribution in [0.1, 0.15) is 22.2 Å². The van der Waals surface area contributed by atoms with Crippen molar-refractivity contribution >= 4 is 23.5 Å². The van der Waals surface area contributed by atoms with E-state index >= 15 is 0 Å². The zero-order valence-electron chi connectivity index (χ0n) is 13.7. The van der Waals surface area contributed by atoms with E-state index in [4.69, 9.17) is 0 Å². The van der Waals surface area contributed by atoms with Gasteiger partial charge in [-0.05, 0) is 25.1 Å². The molecule has 1 aliphatic heterocycles. The van der Waals surface area contributed by atoms with Gasteiger partial charge in [-0.25, -0.2) is 9.37 Å². The van der Waals surface area contributed by atoms with Crippen molar-refractivity contribution in [3.63, 3.8) is 0 Å². The van der Waals surface area contributed by atoms with E-state index in [0.717, 1.165) is 17.0 Å². The van der Waals surface area contributed by atoms with Crippen LogP contribution in [-0.2, 0) is 11.8 Å². The molecule has 8 heteroatoms. The van der Waals surface area contributed by atoms with Crippen molar-refractivity contribution in [3.8, 4) is 5.69 Å². The zero-order chi connectivity index (χ0) is 17.6. The molecule has 0 saturated carbocycles. The Labute approximate surface area is 148 Å². The topological polar surface area (TPSA) is 64.7 Å². The van der Waals surface area contributed by atoms with Crippen molar-refractivity contribution in [1.82, 2.24) is 19.3 Å². The van der Waals surface area contributed by atoms with Gasteiger partial charge in [0.25, 0.3) is 0 Å². The number of thioether (sulfide) groups is 1. The minimum absolute atomic E-state index is 0.0974. The molecule has 0 unspecified atom stereocenters. The summed E-state index contributed by atoms with van der Waals surface area (Å²) in [7, 11) is 1.88. The molecule has 6 nitrogen and oxygen atoms in total. The summed E-state index contributed by atoms with van der Waals surface area (Å²) in [6, 6.07) is 6.32. The summed E-state index contributed by atoms with van der Waals surface area (Å²) in [5, 5.41) is 7.03. The standard InChI is InChI=1S/C17H16FN5OS/c1-10-13(7-20-22(10)2)16-15-17(21-14(24)8-25-16)19-9-23(15)12-5-3-4-11(18)6-12/h3-7,9,16H,8H2,1-2H3,(H,21,24)/t16-/m1/s1. The van der Waals surface area contributed by atoms with Gasteiger partial charge in [0, 0.05) is 24.0 Å². The first-order valence-corrected chi connectivity index (χ1v) is 8.82. The predicted molar refractivity (Wildman–Crippen MR) is 94.4 cm³/mol. The van der Waals surface area contributed by atoms with Gasteiger partial charge in [0.15, 0.2) is 5.82 Å². The van der Waals surface area contributed by atoms with Crippen molar-refractivity contribution < 1.29 is 9.18 Å². The molecule has 0 radical (unpaired) electrons. The number of benzene rings is 1. The molecule has 128 valence electrons. The van der Waals surface area contributed by atoms with Crippen LogP contribution in [0.3, 0.4) is 0 Å². The van der Waals surface area contributed by atoms with Gasteiger partial charge >= 0.3 is 0 Å². The van der Waals surface area contributed by atoms with E-state index in [-0.39, 0.29) is 17.0 Å². The Morgan fingerprint density at radius 3 is 2.96 bits per heavy atom. The number of aromatic nitrogens is 4. The van der Waals surface area contributed by atoms with Crippen LogP contribution in [0.5, 0.6) is 0 Å². The van der Waals surface area contributed by atoms with Crippen LogP contribution < -0.4 is 5.32 Å². The molecule has 0 spiro atoms. The van der Waals surface area contributed by atoms with E-state index in [2.05, 4.69) is 15.4 Å². The number of nitrogens with one attached hydrogen (secondary N) is 1. The molecule has 3 heterocycles. The Morgan fingerprint density at radius 1 is 1.40 bits per heavy atom. The van der Waals surface area contributed by atoms with Crippen LogP contribution in [0, 0.1) is 12.7 Å². The molecule has 0 fully saturated rings. The van der Waals surface area contributed by atoms with E-state index < -0.39 is 0 Å². The van der Waals surface area contributed by atoms with E-state index in [1.54, 1.807) is 17.1 Å². The molecule has 1 atom stereocenters. The van der Waals surface area contributed by atoms with Crippen LogP contribution in [-0.4, -0.2) is 31.0 Å². The quantitative estimate of drug-likeness (QED) is 0.766. The molecule has 1 aromatic carbocycles. The van der Waals surface area contributed by atoms with Gasteiger partial charge in [0.05, 0.1) is 22.9 Å². The Balaban J connectivity index is 1.91. The molecular weight excluding hydrogens is 341 g/mol. The molecule has 0 saturated heterocycles. The third-order valence-electron chi connectivity index (χ3n) is 4.33. The number of aryl methyl sites for hydroxylation is 1. The number of imidazole rings is 1. The lowest BCUT2D eigenvalue weighted by Crippen LogP contribution is -2.12. The van der Waals surface area contributed by atoms with Gasteiger partial charge in [-0.2, -0.15) is 5.10 Å². The lowest BCUT2D eigenvalue weighted by molar-refractivity contribution is -0.113. The average molecular weight is 357 g/mol. The average Bonchev–Trinajstić information content (AvgIpc) is 3.09. The number of hydrogen-bond acceptors (Lipinski definition) is 4. The molecule has 1 N–H and O–H groups in total. The highest BCUT2D eigenvalue weighted by Crippen LogP contribution is 2.42. The molecular formula is C17H16FN5OS. The van der Waals surface area contributed by atoms with Gasteiger partial charge < -0.3 is 5.32 Å². The minimum atomic E-state index is -0.320. The third kappa shape index (κ3) is 2.72. The number of halogens is 1. The molecule has 3 aromatic rings. The van der Waals surface area contributed by atoms with Crippen molar-refractivity contribution in [2.24, 2.45) is 7.05 Å². The maximum Gasteiger partial charge on any atom is 0.235 e. The third-order valence-corrected chi connectivity index (χ3v) is 5.57. The fourth-order valence-corrected chi connectivity index (χ4v) is 4.14. The van der Waals surface area contributed by atoms with Crippen LogP contribution >= 0.6 is 11.8 Å². The molecule has 1 amide bonds. The summed E-state index contributed by atoms with van der Waals surface area (Å²) < 4.78 is 17.3. The monoisotopic (exact) mass is 357 g/mol. The first kappa shape index (κ1) is 15.9. The number of rotatable bonds is 2. The van der Waals surface area contributed by atoms with E-state index in [0.29, 0.717) is 17.3 Å². The number of fused-ring (bicyclic) bond motifs is 1.